The number of piperazine rings is 1. The van der Waals surface area contributed by atoms with Crippen LogP contribution in [-0.2, 0) is 14.8 Å². The molecule has 154 valence electrons. The third-order valence-electron chi connectivity index (χ3n) is 5.12. The van der Waals surface area contributed by atoms with Crippen LogP contribution in [0.4, 0.5) is 5.69 Å². The summed E-state index contributed by atoms with van der Waals surface area (Å²) in [5.74, 6) is -0.262. The normalized spacial score (nSPS) is 16.4. The van der Waals surface area contributed by atoms with Gasteiger partial charge in [-0.15, -0.1) is 0 Å². The Kier molecular flexibility index (Phi) is 6.29. The molecule has 0 bridgehead atoms. The minimum Gasteiger partial charge on any atom is -0.340 e. The van der Waals surface area contributed by atoms with E-state index in [4.69, 9.17) is 0 Å². The van der Waals surface area contributed by atoms with Crippen LogP contribution in [0.1, 0.15) is 24.8 Å². The molecule has 0 saturated carbocycles. The van der Waals surface area contributed by atoms with E-state index in [1.165, 1.54) is 22.5 Å². The van der Waals surface area contributed by atoms with Crippen LogP contribution in [0.25, 0.3) is 0 Å². The summed E-state index contributed by atoms with van der Waals surface area (Å²) in [6.45, 7) is 2.84. The maximum absolute atomic E-state index is 13.0. The number of amides is 1. The van der Waals surface area contributed by atoms with E-state index in [-0.39, 0.29) is 48.6 Å². The fraction of sp³-hybridized carbons (Fsp3) is 0.350. The molecule has 0 N–H and O–H groups in total. The largest absolute Gasteiger partial charge is 0.340 e. The van der Waals surface area contributed by atoms with Crippen molar-refractivity contribution in [1.82, 2.24) is 9.21 Å². The number of nitro groups is 1. The van der Waals surface area contributed by atoms with E-state index in [0.29, 0.717) is 6.42 Å². The van der Waals surface area contributed by atoms with Gasteiger partial charge in [0.15, 0.2) is 0 Å². The molecule has 1 unspecified atom stereocenters. The smallest absolute Gasteiger partial charge is 0.270 e. The van der Waals surface area contributed by atoms with Crippen LogP contribution >= 0.6 is 0 Å². The molecule has 1 amide bonds. The molecule has 1 aliphatic rings. The van der Waals surface area contributed by atoms with Crippen LogP contribution < -0.4 is 0 Å². The number of nitrogens with zero attached hydrogens (tertiary/aromatic N) is 3. The Bertz CT molecular complexity index is 986. The van der Waals surface area contributed by atoms with Gasteiger partial charge in [-0.2, -0.15) is 4.31 Å². The number of sulfonamides is 1. The highest BCUT2D eigenvalue weighted by molar-refractivity contribution is 7.89. The fourth-order valence-corrected chi connectivity index (χ4v) is 4.98. The molecule has 1 aliphatic heterocycles. The number of carbonyl (C=O) groups excluding carboxylic acids is 1. The molecule has 8 nitrogen and oxygen atoms in total. The summed E-state index contributed by atoms with van der Waals surface area (Å²) in [7, 11) is -3.85. The second-order valence-corrected chi connectivity index (χ2v) is 8.79. The zero-order chi connectivity index (χ0) is 21.0. The highest BCUT2D eigenvalue weighted by atomic mass is 32.2. The van der Waals surface area contributed by atoms with Crippen LogP contribution in [0.15, 0.2) is 59.5 Å². The summed E-state index contributed by atoms with van der Waals surface area (Å²) in [6, 6.07) is 14.6. The number of rotatable bonds is 6. The third-order valence-corrected chi connectivity index (χ3v) is 7.02. The fourth-order valence-electron chi connectivity index (χ4n) is 3.51. The standard InChI is InChI=1S/C20H23N3O5S/c1-2-19(16-7-4-3-5-8-16)20(24)21-11-13-22(14-12-21)29(27,28)18-10-6-9-17(15-18)23(25)26/h3-10,15,19H,2,11-14H2,1H3. The van der Waals surface area contributed by atoms with Crippen molar-refractivity contribution >= 4 is 21.6 Å². The lowest BCUT2D eigenvalue weighted by Gasteiger charge is -2.35. The van der Waals surface area contributed by atoms with Crippen molar-refractivity contribution < 1.29 is 18.1 Å². The number of carbonyl (C=O) groups is 1. The van der Waals surface area contributed by atoms with Crippen LogP contribution in [-0.4, -0.2) is 54.6 Å². The van der Waals surface area contributed by atoms with E-state index in [1.54, 1.807) is 4.90 Å². The van der Waals surface area contributed by atoms with Crippen molar-refractivity contribution in [1.29, 1.82) is 0 Å². The Labute approximate surface area is 169 Å². The molecule has 1 saturated heterocycles. The van der Waals surface area contributed by atoms with Crippen LogP contribution in [0, 0.1) is 10.1 Å². The van der Waals surface area contributed by atoms with Gasteiger partial charge < -0.3 is 4.90 Å². The molecule has 0 aromatic heterocycles. The Morgan fingerprint density at radius 3 is 2.31 bits per heavy atom. The van der Waals surface area contributed by atoms with Crippen molar-refractivity contribution in [2.75, 3.05) is 26.2 Å². The molecule has 29 heavy (non-hydrogen) atoms. The molecule has 1 fully saturated rings. The predicted octanol–water partition coefficient (Wildman–Crippen LogP) is 2.62. The maximum Gasteiger partial charge on any atom is 0.270 e. The quantitative estimate of drug-likeness (QED) is 0.531. The van der Waals surface area contributed by atoms with E-state index in [2.05, 4.69) is 0 Å². The average molecular weight is 417 g/mol. The average Bonchev–Trinajstić information content (AvgIpc) is 2.75. The first-order valence-corrected chi connectivity index (χ1v) is 10.9. The summed E-state index contributed by atoms with van der Waals surface area (Å²) < 4.78 is 27.0. The third kappa shape index (κ3) is 4.46. The summed E-state index contributed by atoms with van der Waals surface area (Å²) in [6.07, 6.45) is 0.662. The van der Waals surface area contributed by atoms with Crippen LogP contribution in [0.2, 0.25) is 0 Å². The first-order chi connectivity index (χ1) is 13.8. The molecule has 1 atom stereocenters. The molecular formula is C20H23N3O5S. The molecule has 2 aromatic carbocycles. The van der Waals surface area contributed by atoms with Crippen LogP contribution in [0.5, 0.6) is 0 Å². The van der Waals surface area contributed by atoms with Crippen molar-refractivity contribution in [3.63, 3.8) is 0 Å². The number of nitro benzene ring substituents is 1. The summed E-state index contributed by atoms with van der Waals surface area (Å²) in [5, 5.41) is 10.9. The molecule has 3 rings (SSSR count). The minimum atomic E-state index is -3.85. The Balaban J connectivity index is 1.70. The molecule has 1 heterocycles. The van der Waals surface area contributed by atoms with E-state index < -0.39 is 14.9 Å². The second kappa shape index (κ2) is 8.71. The van der Waals surface area contributed by atoms with Gasteiger partial charge in [0.05, 0.1) is 15.7 Å². The van der Waals surface area contributed by atoms with Crippen molar-refractivity contribution in [2.24, 2.45) is 0 Å². The van der Waals surface area contributed by atoms with Gasteiger partial charge in [0.2, 0.25) is 15.9 Å². The van der Waals surface area contributed by atoms with Gasteiger partial charge in [-0.05, 0) is 18.1 Å². The van der Waals surface area contributed by atoms with Crippen molar-refractivity contribution in [2.45, 2.75) is 24.2 Å². The summed E-state index contributed by atoms with van der Waals surface area (Å²) >= 11 is 0. The van der Waals surface area contributed by atoms with E-state index in [1.807, 2.05) is 37.3 Å². The first kappa shape index (κ1) is 20.9. The topological polar surface area (TPSA) is 101 Å². The van der Waals surface area contributed by atoms with Crippen LogP contribution in [0.3, 0.4) is 0 Å². The van der Waals surface area contributed by atoms with Gasteiger partial charge in [0.25, 0.3) is 5.69 Å². The lowest BCUT2D eigenvalue weighted by Crippen LogP contribution is -2.51. The van der Waals surface area contributed by atoms with Gasteiger partial charge in [-0.25, -0.2) is 8.42 Å². The molecule has 0 aliphatic carbocycles. The van der Waals surface area contributed by atoms with Gasteiger partial charge in [0.1, 0.15) is 0 Å². The molecule has 2 aromatic rings. The van der Waals surface area contributed by atoms with E-state index in [9.17, 15) is 23.3 Å². The summed E-state index contributed by atoms with van der Waals surface area (Å²) in [4.78, 5) is 24.9. The Hall–Kier alpha value is -2.78. The molecular weight excluding hydrogens is 394 g/mol. The second-order valence-electron chi connectivity index (χ2n) is 6.86. The lowest BCUT2D eigenvalue weighted by atomic mass is 9.95. The van der Waals surface area contributed by atoms with Crippen molar-refractivity contribution in [3.05, 3.63) is 70.3 Å². The lowest BCUT2D eigenvalue weighted by molar-refractivity contribution is -0.385. The Morgan fingerprint density at radius 1 is 1.07 bits per heavy atom. The maximum atomic E-state index is 13.0. The zero-order valence-electron chi connectivity index (χ0n) is 16.1. The predicted molar refractivity (Wildman–Crippen MR) is 108 cm³/mol. The SMILES string of the molecule is CCC(C(=O)N1CCN(S(=O)(=O)c2cccc([N+](=O)[O-])c2)CC1)c1ccccc1. The zero-order valence-corrected chi connectivity index (χ0v) is 16.9. The van der Waals surface area contributed by atoms with Gasteiger partial charge in [-0.1, -0.05) is 43.3 Å². The highest BCUT2D eigenvalue weighted by Gasteiger charge is 2.33. The first-order valence-electron chi connectivity index (χ1n) is 9.43. The molecule has 0 radical (unpaired) electrons. The summed E-state index contributed by atoms with van der Waals surface area (Å²) in [5.41, 5.74) is 0.681. The number of hydrogen-bond acceptors (Lipinski definition) is 5. The highest BCUT2D eigenvalue weighted by Crippen LogP contribution is 2.25. The van der Waals surface area contributed by atoms with Gasteiger partial charge >= 0.3 is 0 Å². The van der Waals surface area contributed by atoms with E-state index in [0.717, 1.165) is 11.6 Å². The molecule has 9 heteroatoms. The van der Waals surface area contributed by atoms with Gasteiger partial charge in [0, 0.05) is 38.3 Å². The number of benzene rings is 2. The molecule has 0 spiro atoms. The number of hydrogen-bond donors (Lipinski definition) is 0. The monoisotopic (exact) mass is 417 g/mol. The van der Waals surface area contributed by atoms with Crippen molar-refractivity contribution in [3.8, 4) is 0 Å². The number of non-ortho nitro benzene ring substituents is 1. The van der Waals surface area contributed by atoms with E-state index >= 15 is 0 Å². The minimum absolute atomic E-state index is 0.00824. The Morgan fingerprint density at radius 2 is 1.72 bits per heavy atom. The van der Waals surface area contributed by atoms with Gasteiger partial charge in [-0.3, -0.25) is 14.9 Å².